The topological polar surface area (TPSA) is 94.1 Å². The maximum absolute atomic E-state index is 4.85. The van der Waals surface area contributed by atoms with E-state index in [1.807, 2.05) is 18.3 Å². The minimum atomic E-state index is 0.566. The van der Waals surface area contributed by atoms with Crippen LogP contribution in [-0.2, 0) is 13.0 Å². The summed E-state index contributed by atoms with van der Waals surface area (Å²) < 4.78 is 0. The van der Waals surface area contributed by atoms with Gasteiger partial charge in [0, 0.05) is 48.4 Å². The van der Waals surface area contributed by atoms with Crippen molar-refractivity contribution in [2.45, 2.75) is 32.7 Å². The molecule has 4 heterocycles. The molecule has 30 heavy (non-hydrogen) atoms. The zero-order valence-electron chi connectivity index (χ0n) is 17.6. The van der Waals surface area contributed by atoms with E-state index in [-0.39, 0.29) is 0 Å². The van der Waals surface area contributed by atoms with Crippen LogP contribution in [0.4, 0.5) is 17.5 Å². The second-order valence-corrected chi connectivity index (χ2v) is 8.54. The lowest BCUT2D eigenvalue weighted by Gasteiger charge is -2.26. The second kappa shape index (κ2) is 8.12. The molecule has 8 heteroatoms. The lowest BCUT2D eigenvalue weighted by atomic mass is 10.1. The molecule has 3 N–H and O–H groups in total. The molecule has 1 unspecified atom stereocenters. The summed E-state index contributed by atoms with van der Waals surface area (Å²) in [6.07, 6.45) is 4.90. The Bertz CT molecular complexity index is 1090. The third kappa shape index (κ3) is 4.06. The zero-order valence-corrected chi connectivity index (χ0v) is 17.6. The van der Waals surface area contributed by atoms with Gasteiger partial charge in [-0.05, 0) is 50.6 Å². The first-order chi connectivity index (χ1) is 14.6. The molecule has 8 nitrogen and oxygen atoms in total. The van der Waals surface area contributed by atoms with Gasteiger partial charge in [-0.25, -0.2) is 9.98 Å². The number of anilines is 2. The van der Waals surface area contributed by atoms with Gasteiger partial charge in [0.15, 0.2) is 0 Å². The van der Waals surface area contributed by atoms with E-state index in [4.69, 9.17) is 15.0 Å². The molecule has 2 aliphatic heterocycles. The number of hydrogen-bond donors (Lipinski definition) is 3. The Morgan fingerprint density at radius 3 is 3.10 bits per heavy atom. The van der Waals surface area contributed by atoms with E-state index in [1.165, 1.54) is 0 Å². The van der Waals surface area contributed by atoms with Crippen molar-refractivity contribution in [2.75, 3.05) is 32.0 Å². The predicted octanol–water partition coefficient (Wildman–Crippen LogP) is 3.18. The molecule has 5 rings (SSSR count). The highest BCUT2D eigenvalue weighted by molar-refractivity contribution is 5.88. The molecule has 0 aliphatic carbocycles. The first-order valence-electron chi connectivity index (χ1n) is 10.7. The van der Waals surface area contributed by atoms with Crippen LogP contribution in [0.15, 0.2) is 29.4 Å². The zero-order chi connectivity index (χ0) is 20.5. The molecule has 1 atom stereocenters. The Morgan fingerprint density at radius 2 is 2.17 bits per heavy atom. The Morgan fingerprint density at radius 1 is 1.23 bits per heavy atom. The summed E-state index contributed by atoms with van der Waals surface area (Å²) in [5.74, 6) is 2.09. The van der Waals surface area contributed by atoms with Crippen LogP contribution < -0.4 is 10.6 Å². The van der Waals surface area contributed by atoms with Gasteiger partial charge < -0.3 is 15.5 Å². The molecule has 0 bridgehead atoms. The average molecular weight is 405 g/mol. The normalized spacial score (nSPS) is 21.5. The Kier molecular flexibility index (Phi) is 5.18. The van der Waals surface area contributed by atoms with E-state index in [9.17, 15) is 0 Å². The predicted molar refractivity (Wildman–Crippen MR) is 120 cm³/mol. The van der Waals surface area contributed by atoms with Crippen LogP contribution in [0, 0.1) is 5.92 Å². The number of hydrogen-bond acceptors (Lipinski definition) is 7. The largest absolute Gasteiger partial charge is 0.340 e. The van der Waals surface area contributed by atoms with Crippen molar-refractivity contribution in [2.24, 2.45) is 10.9 Å². The van der Waals surface area contributed by atoms with Crippen molar-refractivity contribution in [1.29, 1.82) is 0 Å². The van der Waals surface area contributed by atoms with Crippen molar-refractivity contribution in [3.63, 3.8) is 0 Å². The van der Waals surface area contributed by atoms with Crippen molar-refractivity contribution < 1.29 is 0 Å². The quantitative estimate of drug-likeness (QED) is 0.621. The van der Waals surface area contributed by atoms with E-state index < -0.39 is 0 Å². The molecular formula is C22H28N8. The second-order valence-electron chi connectivity index (χ2n) is 8.54. The van der Waals surface area contributed by atoms with Gasteiger partial charge in [-0.1, -0.05) is 6.92 Å². The van der Waals surface area contributed by atoms with Crippen LogP contribution in [-0.4, -0.2) is 57.5 Å². The van der Waals surface area contributed by atoms with Crippen LogP contribution >= 0.6 is 0 Å². The highest BCUT2D eigenvalue weighted by Crippen LogP contribution is 2.29. The van der Waals surface area contributed by atoms with Crippen LogP contribution in [0.5, 0.6) is 0 Å². The number of benzene rings is 1. The highest BCUT2D eigenvalue weighted by Gasteiger charge is 2.21. The van der Waals surface area contributed by atoms with Gasteiger partial charge in [-0.15, -0.1) is 0 Å². The highest BCUT2D eigenvalue weighted by atomic mass is 15.2. The summed E-state index contributed by atoms with van der Waals surface area (Å²) in [4.78, 5) is 16.8. The summed E-state index contributed by atoms with van der Waals surface area (Å²) >= 11 is 0. The fourth-order valence-electron chi connectivity index (χ4n) is 4.15. The Hall–Kier alpha value is -2.84. The van der Waals surface area contributed by atoms with Gasteiger partial charge in [-0.3, -0.25) is 5.10 Å². The summed E-state index contributed by atoms with van der Waals surface area (Å²) in [5.41, 5.74) is 5.41. The summed E-state index contributed by atoms with van der Waals surface area (Å²) in [6.45, 7) is 5.97. The van der Waals surface area contributed by atoms with E-state index in [1.54, 1.807) is 0 Å². The molecule has 0 saturated carbocycles. The van der Waals surface area contributed by atoms with Gasteiger partial charge >= 0.3 is 0 Å². The number of H-pyrrole nitrogens is 1. The van der Waals surface area contributed by atoms with Gasteiger partial charge in [0.05, 0.1) is 17.4 Å². The maximum Gasteiger partial charge on any atom is 0.251 e. The first-order valence-corrected chi connectivity index (χ1v) is 10.7. The van der Waals surface area contributed by atoms with Crippen molar-refractivity contribution >= 4 is 34.1 Å². The monoisotopic (exact) mass is 404 g/mol. The van der Waals surface area contributed by atoms with E-state index in [0.29, 0.717) is 11.9 Å². The SMILES string of the molecule is CC1CCC(=Nc2nc3c(c(Nc4ccc5[nH]ncc5c4)n2)CN(C)CC3)CNC1. The Labute approximate surface area is 176 Å². The number of nitrogens with zero attached hydrogens (tertiary/aromatic N) is 5. The van der Waals surface area contributed by atoms with Crippen LogP contribution in [0.2, 0.25) is 0 Å². The lowest BCUT2D eigenvalue weighted by molar-refractivity contribution is 0.310. The van der Waals surface area contributed by atoms with Crippen LogP contribution in [0.25, 0.3) is 10.9 Å². The Balaban J connectivity index is 1.50. The third-order valence-corrected chi connectivity index (χ3v) is 5.95. The van der Waals surface area contributed by atoms with E-state index in [0.717, 1.165) is 84.8 Å². The number of aromatic nitrogens is 4. The van der Waals surface area contributed by atoms with Crippen LogP contribution in [0.1, 0.15) is 31.0 Å². The summed E-state index contributed by atoms with van der Waals surface area (Å²) in [6, 6.07) is 6.16. The molecular weight excluding hydrogens is 376 g/mol. The number of rotatable bonds is 3. The van der Waals surface area contributed by atoms with Gasteiger partial charge in [0.25, 0.3) is 5.95 Å². The first kappa shape index (κ1) is 19.1. The average Bonchev–Trinajstić information content (AvgIpc) is 3.11. The smallest absolute Gasteiger partial charge is 0.251 e. The third-order valence-electron chi connectivity index (χ3n) is 5.95. The number of aliphatic imine (C=N–C) groups is 1. The van der Waals surface area contributed by atoms with E-state index in [2.05, 4.69) is 45.8 Å². The molecule has 0 amide bonds. The van der Waals surface area contributed by atoms with Crippen molar-refractivity contribution in [1.82, 2.24) is 30.4 Å². The molecule has 1 saturated heterocycles. The molecule has 2 aliphatic rings. The number of aromatic amines is 1. The molecule has 2 aromatic heterocycles. The van der Waals surface area contributed by atoms with Gasteiger partial charge in [-0.2, -0.15) is 10.1 Å². The molecule has 3 aromatic rings. The standard InChI is InChI=1S/C22H28N8/c1-14-3-4-17(12-23-10-14)26-22-27-20-7-8-30(2)13-18(20)21(28-22)25-16-5-6-19-15(9-16)11-24-29-19/h5-6,9,11,14,23H,3-4,7-8,10,12-13H2,1-2H3,(H,24,29)(H,25,27,28). The van der Waals surface area contributed by atoms with Crippen molar-refractivity contribution in [3.8, 4) is 0 Å². The minimum Gasteiger partial charge on any atom is -0.340 e. The summed E-state index contributed by atoms with van der Waals surface area (Å²) in [5, 5.41) is 15.2. The summed E-state index contributed by atoms with van der Waals surface area (Å²) in [7, 11) is 2.14. The van der Waals surface area contributed by atoms with Crippen LogP contribution in [0.3, 0.4) is 0 Å². The number of nitrogens with one attached hydrogen (secondary N) is 3. The van der Waals surface area contributed by atoms with Gasteiger partial charge in [0.2, 0.25) is 0 Å². The molecule has 0 radical (unpaired) electrons. The van der Waals surface area contributed by atoms with Gasteiger partial charge in [0.1, 0.15) is 5.82 Å². The molecule has 156 valence electrons. The fourth-order valence-corrected chi connectivity index (χ4v) is 4.15. The van der Waals surface area contributed by atoms with Crippen molar-refractivity contribution in [3.05, 3.63) is 35.7 Å². The number of fused-ring (bicyclic) bond motifs is 2. The number of likely N-dealkylation sites (N-methyl/N-ethyl adjacent to an activating group) is 1. The minimum absolute atomic E-state index is 0.566. The molecule has 1 fully saturated rings. The van der Waals surface area contributed by atoms with E-state index >= 15 is 0 Å². The fraction of sp³-hybridized carbons (Fsp3) is 0.455. The molecule has 0 spiro atoms. The molecule has 1 aromatic carbocycles. The lowest BCUT2D eigenvalue weighted by Crippen LogP contribution is -2.28. The maximum atomic E-state index is 4.85.